The third-order valence-corrected chi connectivity index (χ3v) is 3.14. The van der Waals surface area contributed by atoms with Crippen molar-refractivity contribution in [2.75, 3.05) is 6.54 Å². The molecule has 5 nitrogen and oxygen atoms in total. The summed E-state index contributed by atoms with van der Waals surface area (Å²) in [5.41, 5.74) is 4.16. The molecular weight excluding hydrogens is 250 g/mol. The van der Waals surface area contributed by atoms with Gasteiger partial charge in [0.1, 0.15) is 0 Å². The van der Waals surface area contributed by atoms with Crippen LogP contribution in [0.5, 0.6) is 0 Å². The van der Waals surface area contributed by atoms with Gasteiger partial charge in [0.15, 0.2) is 0 Å². The van der Waals surface area contributed by atoms with Gasteiger partial charge in [0.2, 0.25) is 0 Å². The molecule has 20 heavy (non-hydrogen) atoms. The highest BCUT2D eigenvalue weighted by atomic mass is 15.4. The fourth-order valence-electron chi connectivity index (χ4n) is 2.08. The van der Waals surface area contributed by atoms with Gasteiger partial charge in [-0.15, -0.1) is 0 Å². The zero-order chi connectivity index (χ0) is 14.7. The van der Waals surface area contributed by atoms with E-state index in [0.717, 1.165) is 35.7 Å². The van der Waals surface area contributed by atoms with E-state index in [4.69, 9.17) is 0 Å². The minimum absolute atomic E-state index is 0.640. The summed E-state index contributed by atoms with van der Waals surface area (Å²) in [6.07, 6.45) is 1.89. The van der Waals surface area contributed by atoms with E-state index in [-0.39, 0.29) is 0 Å². The van der Waals surface area contributed by atoms with Crippen molar-refractivity contribution in [3.8, 4) is 5.95 Å². The topological polar surface area (TPSA) is 55.6 Å². The first kappa shape index (κ1) is 14.7. The minimum atomic E-state index is 0.640. The van der Waals surface area contributed by atoms with Crippen LogP contribution in [-0.4, -0.2) is 26.3 Å². The van der Waals surface area contributed by atoms with E-state index in [1.54, 1.807) is 4.68 Å². The molecule has 0 aromatic carbocycles. The molecule has 0 aliphatic carbocycles. The number of hydrogen-bond acceptors (Lipinski definition) is 4. The van der Waals surface area contributed by atoms with E-state index in [1.807, 2.05) is 33.0 Å². The lowest BCUT2D eigenvalue weighted by molar-refractivity contribution is 0.550. The van der Waals surface area contributed by atoms with Crippen molar-refractivity contribution in [3.63, 3.8) is 0 Å². The number of aryl methyl sites for hydroxylation is 3. The Labute approximate surface area is 120 Å². The molecule has 0 saturated carbocycles. The van der Waals surface area contributed by atoms with Gasteiger partial charge >= 0.3 is 0 Å². The van der Waals surface area contributed by atoms with Gasteiger partial charge in [-0.1, -0.05) is 13.8 Å². The van der Waals surface area contributed by atoms with Gasteiger partial charge < -0.3 is 5.32 Å². The summed E-state index contributed by atoms with van der Waals surface area (Å²) in [5, 5.41) is 7.83. The van der Waals surface area contributed by atoms with Gasteiger partial charge in [0, 0.05) is 29.7 Å². The molecule has 0 amide bonds. The van der Waals surface area contributed by atoms with Crippen molar-refractivity contribution in [1.29, 1.82) is 0 Å². The number of aromatic nitrogens is 4. The van der Waals surface area contributed by atoms with Crippen LogP contribution in [0.25, 0.3) is 5.95 Å². The van der Waals surface area contributed by atoms with Gasteiger partial charge in [-0.05, 0) is 39.3 Å². The van der Waals surface area contributed by atoms with Gasteiger partial charge in [0.05, 0.1) is 5.69 Å². The van der Waals surface area contributed by atoms with Crippen molar-refractivity contribution in [2.24, 2.45) is 5.92 Å². The van der Waals surface area contributed by atoms with Crippen LogP contribution in [0.15, 0.2) is 12.3 Å². The van der Waals surface area contributed by atoms with Crippen molar-refractivity contribution in [3.05, 3.63) is 34.9 Å². The summed E-state index contributed by atoms with van der Waals surface area (Å²) in [6, 6.07) is 2.02. The molecule has 2 aromatic heterocycles. The highest BCUT2D eigenvalue weighted by Gasteiger charge is 2.09. The van der Waals surface area contributed by atoms with Crippen molar-refractivity contribution in [2.45, 2.75) is 41.2 Å². The molecule has 5 heteroatoms. The van der Waals surface area contributed by atoms with E-state index in [1.165, 1.54) is 0 Å². The van der Waals surface area contributed by atoms with E-state index >= 15 is 0 Å². The third-order valence-electron chi connectivity index (χ3n) is 3.14. The van der Waals surface area contributed by atoms with Crippen molar-refractivity contribution >= 4 is 0 Å². The van der Waals surface area contributed by atoms with Gasteiger partial charge in [0.25, 0.3) is 5.95 Å². The Kier molecular flexibility index (Phi) is 4.49. The highest BCUT2D eigenvalue weighted by molar-refractivity contribution is 5.24. The Morgan fingerprint density at radius 1 is 1.25 bits per heavy atom. The first-order valence-corrected chi connectivity index (χ1v) is 7.04. The van der Waals surface area contributed by atoms with Crippen LogP contribution < -0.4 is 5.32 Å². The fourth-order valence-corrected chi connectivity index (χ4v) is 2.08. The van der Waals surface area contributed by atoms with Crippen molar-refractivity contribution < 1.29 is 0 Å². The standard InChI is InChI=1S/C15H23N5/c1-10(2)7-16-8-14-9-17-15(18-13(14)5)20-12(4)6-11(3)19-20/h6,9-10,16H,7-8H2,1-5H3. The van der Waals surface area contributed by atoms with E-state index in [2.05, 4.69) is 34.2 Å². The maximum Gasteiger partial charge on any atom is 0.250 e. The van der Waals surface area contributed by atoms with Crippen LogP contribution >= 0.6 is 0 Å². The quantitative estimate of drug-likeness (QED) is 0.908. The first-order chi connectivity index (χ1) is 9.47. The normalized spacial score (nSPS) is 11.3. The second-order valence-electron chi connectivity index (χ2n) is 5.64. The Bertz CT molecular complexity index is 586. The number of nitrogens with one attached hydrogen (secondary N) is 1. The van der Waals surface area contributed by atoms with Crippen molar-refractivity contribution in [1.82, 2.24) is 25.1 Å². The molecule has 2 heterocycles. The zero-order valence-electron chi connectivity index (χ0n) is 12.9. The zero-order valence-corrected chi connectivity index (χ0v) is 12.9. The molecule has 0 atom stereocenters. The molecule has 0 bridgehead atoms. The maximum atomic E-state index is 4.56. The molecule has 108 valence electrons. The van der Waals surface area contributed by atoms with Crippen LogP contribution in [0.1, 0.15) is 36.5 Å². The van der Waals surface area contributed by atoms with Gasteiger partial charge in [-0.3, -0.25) is 0 Å². The lowest BCUT2D eigenvalue weighted by Crippen LogP contribution is -2.20. The lowest BCUT2D eigenvalue weighted by atomic mass is 10.2. The molecule has 0 aliphatic heterocycles. The average Bonchev–Trinajstić information content (AvgIpc) is 2.70. The summed E-state index contributed by atoms with van der Waals surface area (Å²) in [7, 11) is 0. The Morgan fingerprint density at radius 3 is 2.55 bits per heavy atom. The summed E-state index contributed by atoms with van der Waals surface area (Å²) < 4.78 is 1.79. The summed E-state index contributed by atoms with van der Waals surface area (Å²) in [5.74, 6) is 1.28. The second kappa shape index (κ2) is 6.13. The second-order valence-corrected chi connectivity index (χ2v) is 5.64. The Balaban J connectivity index is 2.15. The molecule has 0 aliphatic rings. The Morgan fingerprint density at radius 2 is 2.00 bits per heavy atom. The van der Waals surface area contributed by atoms with Gasteiger partial charge in [-0.2, -0.15) is 5.10 Å². The minimum Gasteiger partial charge on any atom is -0.312 e. The molecular formula is C15H23N5. The maximum absolute atomic E-state index is 4.56. The average molecular weight is 273 g/mol. The molecule has 2 rings (SSSR count). The van der Waals surface area contributed by atoms with Crippen LogP contribution in [0.3, 0.4) is 0 Å². The van der Waals surface area contributed by atoms with E-state index in [0.29, 0.717) is 11.9 Å². The summed E-state index contributed by atoms with van der Waals surface area (Å²) in [6.45, 7) is 12.2. The van der Waals surface area contributed by atoms with Crippen LogP contribution in [0.2, 0.25) is 0 Å². The first-order valence-electron chi connectivity index (χ1n) is 7.04. The predicted octanol–water partition coefficient (Wildman–Crippen LogP) is 2.33. The molecule has 0 fully saturated rings. The molecule has 0 spiro atoms. The highest BCUT2D eigenvalue weighted by Crippen LogP contribution is 2.10. The Hall–Kier alpha value is -1.75. The summed E-state index contributed by atoms with van der Waals surface area (Å²) >= 11 is 0. The molecule has 1 N–H and O–H groups in total. The smallest absolute Gasteiger partial charge is 0.250 e. The third kappa shape index (κ3) is 3.42. The fraction of sp³-hybridized carbons (Fsp3) is 0.533. The number of hydrogen-bond donors (Lipinski definition) is 1. The van der Waals surface area contributed by atoms with Crippen LogP contribution in [-0.2, 0) is 6.54 Å². The number of nitrogens with zero attached hydrogens (tertiary/aromatic N) is 4. The largest absolute Gasteiger partial charge is 0.312 e. The number of rotatable bonds is 5. The molecule has 0 saturated heterocycles. The van der Waals surface area contributed by atoms with Gasteiger partial charge in [-0.25, -0.2) is 14.6 Å². The molecule has 2 aromatic rings. The predicted molar refractivity (Wildman–Crippen MR) is 79.9 cm³/mol. The lowest BCUT2D eigenvalue weighted by Gasteiger charge is -2.10. The van der Waals surface area contributed by atoms with Crippen LogP contribution in [0, 0.1) is 26.7 Å². The van der Waals surface area contributed by atoms with E-state index < -0.39 is 0 Å². The molecule has 0 radical (unpaired) electrons. The van der Waals surface area contributed by atoms with E-state index in [9.17, 15) is 0 Å². The van der Waals surface area contributed by atoms with Crippen LogP contribution in [0.4, 0.5) is 0 Å². The molecule has 0 unspecified atom stereocenters. The summed E-state index contributed by atoms with van der Waals surface area (Å²) in [4.78, 5) is 9.00. The monoisotopic (exact) mass is 273 g/mol. The SMILES string of the molecule is Cc1cc(C)n(-c2ncc(CNCC(C)C)c(C)n2)n1.